The highest BCUT2D eigenvalue weighted by Gasteiger charge is 2.16. The van der Waals surface area contributed by atoms with Gasteiger partial charge in [0.15, 0.2) is 0 Å². The molecule has 8 aromatic carbocycles. The second-order valence-electron chi connectivity index (χ2n) is 12.3. The molecule has 0 aliphatic rings. The summed E-state index contributed by atoms with van der Waals surface area (Å²) >= 11 is 0. The summed E-state index contributed by atoms with van der Waals surface area (Å²) in [5, 5.41) is 21.5. The van der Waals surface area contributed by atoms with Crippen LogP contribution in [-0.2, 0) is 0 Å². The average Bonchev–Trinajstić information content (AvgIpc) is 3.50. The molecular formula is C44H24N2O. The number of nitrogens with zero attached hydrogens (tertiary/aromatic N) is 2. The van der Waals surface area contributed by atoms with Gasteiger partial charge in [0.1, 0.15) is 11.2 Å². The van der Waals surface area contributed by atoms with Crippen LogP contribution in [0.25, 0.3) is 98.4 Å². The second kappa shape index (κ2) is 9.75. The molecule has 2 heterocycles. The summed E-state index contributed by atoms with van der Waals surface area (Å²) in [4.78, 5) is 4.34. The van der Waals surface area contributed by atoms with Crippen LogP contribution in [0.3, 0.4) is 0 Å². The molecule has 0 N–H and O–H groups in total. The Morgan fingerprint density at radius 2 is 1.06 bits per heavy atom. The molecule has 0 fully saturated rings. The number of nitriles is 1. The zero-order chi connectivity index (χ0) is 31.1. The van der Waals surface area contributed by atoms with Crippen LogP contribution in [0.5, 0.6) is 0 Å². The van der Waals surface area contributed by atoms with Gasteiger partial charge >= 0.3 is 0 Å². The maximum atomic E-state index is 9.48. The van der Waals surface area contributed by atoms with Gasteiger partial charge in [-0.15, -0.1) is 0 Å². The molecule has 0 spiro atoms. The minimum absolute atomic E-state index is 0.628. The maximum absolute atomic E-state index is 9.48. The zero-order valence-corrected chi connectivity index (χ0v) is 25.2. The van der Waals surface area contributed by atoms with Gasteiger partial charge in [0.2, 0.25) is 0 Å². The Hall–Kier alpha value is -6.50. The van der Waals surface area contributed by atoms with E-state index in [0.717, 1.165) is 33.1 Å². The number of benzene rings is 8. The van der Waals surface area contributed by atoms with Crippen LogP contribution in [0.15, 0.2) is 150 Å². The first kappa shape index (κ1) is 25.8. The van der Waals surface area contributed by atoms with Crippen molar-refractivity contribution in [2.24, 2.45) is 0 Å². The molecule has 0 saturated carbocycles. The molecule has 0 radical (unpaired) electrons. The van der Waals surface area contributed by atoms with Crippen molar-refractivity contribution < 1.29 is 4.42 Å². The number of fused-ring (bicyclic) bond motifs is 4. The molecule has 47 heavy (non-hydrogen) atoms. The summed E-state index contributed by atoms with van der Waals surface area (Å²) in [6.07, 6.45) is 3.74. The first-order valence-electron chi connectivity index (χ1n) is 15.7. The van der Waals surface area contributed by atoms with Gasteiger partial charge in [0.25, 0.3) is 0 Å². The molecule has 2 aromatic heterocycles. The fourth-order valence-corrected chi connectivity index (χ4v) is 7.51. The largest absolute Gasteiger partial charge is 0.456 e. The van der Waals surface area contributed by atoms with Crippen molar-refractivity contribution in [1.82, 2.24) is 4.98 Å². The summed E-state index contributed by atoms with van der Waals surface area (Å²) in [5.41, 5.74) is 9.25. The Bertz CT molecular complexity index is 2840. The van der Waals surface area contributed by atoms with Crippen LogP contribution in [0, 0.1) is 11.3 Å². The molecule has 10 rings (SSSR count). The van der Waals surface area contributed by atoms with Gasteiger partial charge < -0.3 is 4.42 Å². The minimum atomic E-state index is 0.628. The molecular weight excluding hydrogens is 572 g/mol. The molecule has 10 aromatic rings. The Morgan fingerprint density at radius 1 is 0.468 bits per heavy atom. The predicted molar refractivity (Wildman–Crippen MR) is 194 cm³/mol. The summed E-state index contributed by atoms with van der Waals surface area (Å²) in [6, 6.07) is 49.8. The van der Waals surface area contributed by atoms with Gasteiger partial charge in [-0.25, -0.2) is 0 Å². The van der Waals surface area contributed by atoms with Crippen molar-refractivity contribution in [1.29, 1.82) is 5.26 Å². The Morgan fingerprint density at radius 3 is 1.68 bits per heavy atom. The number of furan rings is 1. The van der Waals surface area contributed by atoms with Crippen LogP contribution in [0.4, 0.5) is 0 Å². The van der Waals surface area contributed by atoms with E-state index in [1.165, 1.54) is 65.3 Å². The SMILES string of the molecule is N#Cc1ccc2oc3ccc(-c4ccc(-c5cc6ccc7cc(-c8cccnc8)cc8ccc(c5)c6c78)c5ccccc45)cc3c2c1. The highest BCUT2D eigenvalue weighted by atomic mass is 16.3. The summed E-state index contributed by atoms with van der Waals surface area (Å²) in [5.74, 6) is 0. The first-order chi connectivity index (χ1) is 23.2. The third kappa shape index (κ3) is 3.89. The number of hydrogen-bond acceptors (Lipinski definition) is 3. The number of aromatic nitrogens is 1. The maximum Gasteiger partial charge on any atom is 0.135 e. The molecule has 0 amide bonds. The topological polar surface area (TPSA) is 49.8 Å². The molecule has 0 aliphatic heterocycles. The van der Waals surface area contributed by atoms with E-state index < -0.39 is 0 Å². The predicted octanol–water partition coefficient (Wildman–Crippen LogP) is 11.9. The van der Waals surface area contributed by atoms with Crippen LogP contribution < -0.4 is 0 Å². The fourth-order valence-electron chi connectivity index (χ4n) is 7.51. The quantitative estimate of drug-likeness (QED) is 0.191. The summed E-state index contributed by atoms with van der Waals surface area (Å²) < 4.78 is 6.10. The van der Waals surface area contributed by atoms with E-state index in [1.807, 2.05) is 36.7 Å². The summed E-state index contributed by atoms with van der Waals surface area (Å²) in [6.45, 7) is 0. The third-order valence-corrected chi connectivity index (χ3v) is 9.67. The molecule has 0 unspecified atom stereocenters. The van der Waals surface area contributed by atoms with E-state index in [2.05, 4.69) is 114 Å². The second-order valence-corrected chi connectivity index (χ2v) is 12.3. The lowest BCUT2D eigenvalue weighted by atomic mass is 9.87. The molecule has 0 atom stereocenters. The van der Waals surface area contributed by atoms with Gasteiger partial charge in [-0.2, -0.15) is 5.26 Å². The minimum Gasteiger partial charge on any atom is -0.456 e. The van der Waals surface area contributed by atoms with Crippen molar-refractivity contribution in [3.05, 3.63) is 151 Å². The molecule has 3 nitrogen and oxygen atoms in total. The monoisotopic (exact) mass is 596 g/mol. The van der Waals surface area contributed by atoms with E-state index in [0.29, 0.717) is 5.56 Å². The number of hydrogen-bond donors (Lipinski definition) is 0. The van der Waals surface area contributed by atoms with E-state index in [-0.39, 0.29) is 0 Å². The van der Waals surface area contributed by atoms with Crippen LogP contribution in [0.1, 0.15) is 5.56 Å². The Labute approximate surface area is 269 Å². The van der Waals surface area contributed by atoms with Crippen LogP contribution in [0.2, 0.25) is 0 Å². The van der Waals surface area contributed by atoms with E-state index >= 15 is 0 Å². The lowest BCUT2D eigenvalue weighted by Gasteiger charge is -2.16. The van der Waals surface area contributed by atoms with Gasteiger partial charge in [-0.3, -0.25) is 4.98 Å². The van der Waals surface area contributed by atoms with E-state index in [9.17, 15) is 5.26 Å². The highest BCUT2D eigenvalue weighted by Crippen LogP contribution is 2.42. The van der Waals surface area contributed by atoms with Gasteiger partial charge in [0, 0.05) is 28.7 Å². The summed E-state index contributed by atoms with van der Waals surface area (Å²) in [7, 11) is 0. The van der Waals surface area contributed by atoms with E-state index in [1.54, 1.807) is 6.07 Å². The van der Waals surface area contributed by atoms with Gasteiger partial charge in [-0.05, 0) is 132 Å². The Kier molecular flexibility index (Phi) is 5.35. The standard InChI is InChI=1S/C44H24N2O/c45-24-26-7-15-41-39(18-26)40-23-27(12-16-42(40)47-41)35-13-14-36(38-6-2-1-5-37(35)38)34-21-30-10-8-28-19-33(32-4-3-17-46-25-32)20-29-9-11-31(22-34)44(30)43(28)29/h1-23,25H. The molecule has 0 bridgehead atoms. The van der Waals surface area contributed by atoms with Crippen molar-refractivity contribution in [2.45, 2.75) is 0 Å². The number of pyridine rings is 1. The van der Waals surface area contributed by atoms with Crippen molar-refractivity contribution >= 4 is 65.0 Å². The lowest BCUT2D eigenvalue weighted by Crippen LogP contribution is -1.89. The smallest absolute Gasteiger partial charge is 0.135 e. The van der Waals surface area contributed by atoms with Gasteiger partial charge in [-0.1, -0.05) is 72.8 Å². The van der Waals surface area contributed by atoms with Gasteiger partial charge in [0.05, 0.1) is 11.6 Å². The van der Waals surface area contributed by atoms with Crippen molar-refractivity contribution in [2.75, 3.05) is 0 Å². The lowest BCUT2D eigenvalue weighted by molar-refractivity contribution is 0.669. The normalized spacial score (nSPS) is 11.8. The van der Waals surface area contributed by atoms with Crippen LogP contribution in [-0.4, -0.2) is 4.98 Å². The third-order valence-electron chi connectivity index (χ3n) is 9.67. The Balaban J connectivity index is 1.13. The molecule has 3 heteroatoms. The van der Waals surface area contributed by atoms with Crippen LogP contribution >= 0.6 is 0 Å². The highest BCUT2D eigenvalue weighted by molar-refractivity contribution is 6.25. The molecule has 0 aliphatic carbocycles. The first-order valence-corrected chi connectivity index (χ1v) is 15.7. The number of rotatable bonds is 3. The van der Waals surface area contributed by atoms with Crippen molar-refractivity contribution in [3.63, 3.8) is 0 Å². The molecule has 216 valence electrons. The van der Waals surface area contributed by atoms with Crippen molar-refractivity contribution in [3.8, 4) is 39.4 Å². The van der Waals surface area contributed by atoms with E-state index in [4.69, 9.17) is 4.42 Å². The molecule has 0 saturated heterocycles. The zero-order valence-electron chi connectivity index (χ0n) is 25.2. The average molecular weight is 597 g/mol. The fraction of sp³-hybridized carbons (Fsp3) is 0.